The van der Waals surface area contributed by atoms with Crippen LogP contribution in [0.5, 0.6) is 17.2 Å². The second-order valence-electron chi connectivity index (χ2n) is 6.76. The number of carbonyl (C=O) groups is 1. The lowest BCUT2D eigenvalue weighted by Crippen LogP contribution is -2.36. The van der Waals surface area contributed by atoms with Crippen molar-refractivity contribution < 1.29 is 24.1 Å². The first-order valence-corrected chi connectivity index (χ1v) is 9.42. The Kier molecular flexibility index (Phi) is 5.59. The normalized spacial score (nSPS) is 14.7. The molecule has 0 amide bonds. The third-order valence-corrected chi connectivity index (χ3v) is 4.86. The van der Waals surface area contributed by atoms with Crippen molar-refractivity contribution in [2.24, 2.45) is 0 Å². The highest BCUT2D eigenvalue weighted by Gasteiger charge is 2.22. The fraction of sp³-hybridized carbons (Fsp3) is 0.273. The molecular formula is C22H22N2O5. The van der Waals surface area contributed by atoms with Gasteiger partial charge in [-0.1, -0.05) is 18.2 Å². The van der Waals surface area contributed by atoms with E-state index in [1.54, 1.807) is 12.1 Å². The van der Waals surface area contributed by atoms with Crippen LogP contribution in [0.1, 0.15) is 16.2 Å². The molecule has 7 heteroatoms. The van der Waals surface area contributed by atoms with Gasteiger partial charge in [-0.25, -0.2) is 9.78 Å². The molecule has 0 saturated carbocycles. The number of methoxy groups -OCH3 is 1. The zero-order valence-corrected chi connectivity index (χ0v) is 16.1. The van der Waals surface area contributed by atoms with E-state index in [9.17, 15) is 9.90 Å². The second-order valence-corrected chi connectivity index (χ2v) is 6.76. The van der Waals surface area contributed by atoms with Crippen molar-refractivity contribution in [2.45, 2.75) is 6.54 Å². The molecule has 0 radical (unpaired) electrons. The molecule has 0 unspecified atom stereocenters. The van der Waals surface area contributed by atoms with Crippen LogP contribution >= 0.6 is 0 Å². The van der Waals surface area contributed by atoms with Crippen LogP contribution < -0.4 is 4.74 Å². The van der Waals surface area contributed by atoms with Gasteiger partial charge < -0.3 is 19.3 Å². The highest BCUT2D eigenvalue weighted by atomic mass is 16.5. The van der Waals surface area contributed by atoms with Gasteiger partial charge in [-0.05, 0) is 30.3 Å². The lowest BCUT2D eigenvalue weighted by atomic mass is 10.1. The number of esters is 1. The molecule has 0 bridgehead atoms. The maximum Gasteiger partial charge on any atom is 0.360 e. The first-order chi connectivity index (χ1) is 14.2. The van der Waals surface area contributed by atoms with Crippen molar-refractivity contribution >= 4 is 16.7 Å². The van der Waals surface area contributed by atoms with Crippen LogP contribution in [0.15, 0.2) is 48.5 Å². The van der Waals surface area contributed by atoms with Gasteiger partial charge in [-0.2, -0.15) is 0 Å². The van der Waals surface area contributed by atoms with Crippen molar-refractivity contribution in [2.75, 3.05) is 33.4 Å². The van der Waals surface area contributed by atoms with Crippen molar-refractivity contribution in [3.05, 3.63) is 59.9 Å². The number of fused-ring (bicyclic) bond motifs is 1. The number of nitrogens with zero attached hydrogens (tertiary/aromatic N) is 2. The lowest BCUT2D eigenvalue weighted by Gasteiger charge is -2.27. The molecule has 1 fully saturated rings. The molecule has 29 heavy (non-hydrogen) atoms. The molecule has 1 aliphatic rings. The predicted molar refractivity (Wildman–Crippen MR) is 107 cm³/mol. The van der Waals surface area contributed by atoms with Gasteiger partial charge in [0.15, 0.2) is 11.4 Å². The average molecular weight is 394 g/mol. The monoisotopic (exact) mass is 394 g/mol. The third kappa shape index (κ3) is 4.16. The van der Waals surface area contributed by atoms with E-state index in [1.807, 2.05) is 36.4 Å². The number of hydrogen-bond donors (Lipinski definition) is 1. The Labute approximate surface area is 168 Å². The largest absolute Gasteiger partial charge is 0.505 e. The molecule has 0 aliphatic carbocycles. The number of para-hydroxylation sites is 1. The van der Waals surface area contributed by atoms with E-state index in [-0.39, 0.29) is 11.4 Å². The molecule has 0 atom stereocenters. The van der Waals surface area contributed by atoms with Crippen LogP contribution in [0.25, 0.3) is 10.8 Å². The van der Waals surface area contributed by atoms with E-state index in [1.165, 1.54) is 7.11 Å². The Balaban J connectivity index is 1.77. The van der Waals surface area contributed by atoms with E-state index >= 15 is 0 Å². The van der Waals surface area contributed by atoms with E-state index in [0.29, 0.717) is 42.3 Å². The van der Waals surface area contributed by atoms with Gasteiger partial charge >= 0.3 is 5.97 Å². The summed E-state index contributed by atoms with van der Waals surface area (Å²) in [5.41, 5.74) is 0.596. The van der Waals surface area contributed by atoms with E-state index in [4.69, 9.17) is 14.2 Å². The molecule has 4 rings (SSSR count). The smallest absolute Gasteiger partial charge is 0.360 e. The van der Waals surface area contributed by atoms with Crippen molar-refractivity contribution in [1.82, 2.24) is 9.88 Å². The first kappa shape index (κ1) is 19.2. The number of aromatic hydroxyl groups is 1. The summed E-state index contributed by atoms with van der Waals surface area (Å²) in [5.74, 6) is 0.477. The molecule has 1 saturated heterocycles. The molecule has 1 aliphatic heterocycles. The quantitative estimate of drug-likeness (QED) is 0.665. The number of rotatable bonds is 5. The zero-order valence-electron chi connectivity index (χ0n) is 16.1. The van der Waals surface area contributed by atoms with Crippen LogP contribution in [0, 0.1) is 0 Å². The predicted octanol–water partition coefficient (Wildman–Crippen LogP) is 3.35. The summed E-state index contributed by atoms with van der Waals surface area (Å²) in [6.45, 7) is 3.39. The maximum absolute atomic E-state index is 12.1. The number of aromatic nitrogens is 1. The van der Waals surface area contributed by atoms with Gasteiger partial charge in [0.05, 0.1) is 26.0 Å². The maximum atomic E-state index is 12.1. The molecule has 7 nitrogen and oxygen atoms in total. The Bertz CT molecular complexity index is 1020. The van der Waals surface area contributed by atoms with Crippen LogP contribution in [0.2, 0.25) is 0 Å². The summed E-state index contributed by atoms with van der Waals surface area (Å²) in [6, 6.07) is 14.8. The summed E-state index contributed by atoms with van der Waals surface area (Å²) in [5, 5.41) is 11.9. The molecular weight excluding hydrogens is 372 g/mol. The van der Waals surface area contributed by atoms with Gasteiger partial charge in [-0.3, -0.25) is 4.90 Å². The lowest BCUT2D eigenvalue weighted by molar-refractivity contribution is 0.0337. The van der Waals surface area contributed by atoms with Crippen LogP contribution in [0.3, 0.4) is 0 Å². The summed E-state index contributed by atoms with van der Waals surface area (Å²) < 4.78 is 16.1. The van der Waals surface area contributed by atoms with Gasteiger partial charge in [-0.15, -0.1) is 0 Å². The summed E-state index contributed by atoms with van der Waals surface area (Å²) in [4.78, 5) is 18.8. The van der Waals surface area contributed by atoms with Gasteiger partial charge in [0.1, 0.15) is 11.5 Å². The minimum absolute atomic E-state index is 0.0833. The minimum atomic E-state index is -0.669. The average Bonchev–Trinajstić information content (AvgIpc) is 2.76. The number of hydrogen-bond acceptors (Lipinski definition) is 7. The van der Waals surface area contributed by atoms with Crippen molar-refractivity contribution in [3.8, 4) is 17.2 Å². The standard InChI is InChI=1S/C22H22N2O5/c1-27-22(26)20-21(25)17-8-7-16(29-15-5-3-2-4-6-15)13-18(17)19(23-20)14-24-9-11-28-12-10-24/h2-8,13,25H,9-12,14H2,1H3. The number of benzene rings is 2. The van der Waals surface area contributed by atoms with E-state index in [0.717, 1.165) is 18.5 Å². The molecule has 2 aromatic carbocycles. The molecule has 1 aromatic heterocycles. The second kappa shape index (κ2) is 8.46. The van der Waals surface area contributed by atoms with E-state index in [2.05, 4.69) is 9.88 Å². The molecule has 150 valence electrons. The third-order valence-electron chi connectivity index (χ3n) is 4.86. The van der Waals surface area contributed by atoms with Crippen molar-refractivity contribution in [3.63, 3.8) is 0 Å². The summed E-state index contributed by atoms with van der Waals surface area (Å²) >= 11 is 0. The SMILES string of the molecule is COC(=O)c1nc(CN2CCOCC2)c2cc(Oc3ccccc3)ccc2c1O. The molecule has 3 aromatic rings. The van der Waals surface area contributed by atoms with Crippen LogP contribution in [-0.2, 0) is 16.0 Å². The fourth-order valence-corrected chi connectivity index (χ4v) is 3.36. The topological polar surface area (TPSA) is 81.1 Å². The van der Waals surface area contributed by atoms with Crippen molar-refractivity contribution in [1.29, 1.82) is 0 Å². The fourth-order valence-electron chi connectivity index (χ4n) is 3.36. The number of carbonyl (C=O) groups excluding carboxylic acids is 1. The Morgan fingerprint density at radius 1 is 1.10 bits per heavy atom. The van der Waals surface area contributed by atoms with Gasteiger partial charge in [0, 0.05) is 30.4 Å². The molecule has 1 N–H and O–H groups in total. The molecule has 0 spiro atoms. The highest BCUT2D eigenvalue weighted by Crippen LogP contribution is 2.34. The van der Waals surface area contributed by atoms with Crippen LogP contribution in [0.4, 0.5) is 0 Å². The van der Waals surface area contributed by atoms with E-state index < -0.39 is 5.97 Å². The number of morpholine rings is 1. The number of ether oxygens (including phenoxy) is 3. The Hall–Kier alpha value is -3.16. The zero-order chi connectivity index (χ0) is 20.2. The van der Waals surface area contributed by atoms with Gasteiger partial charge in [0.25, 0.3) is 0 Å². The summed E-state index contributed by atoms with van der Waals surface area (Å²) in [7, 11) is 1.27. The Morgan fingerprint density at radius 2 is 1.86 bits per heavy atom. The number of pyridine rings is 1. The minimum Gasteiger partial charge on any atom is -0.505 e. The molecule has 2 heterocycles. The first-order valence-electron chi connectivity index (χ1n) is 9.42. The van der Waals surface area contributed by atoms with Crippen LogP contribution in [-0.4, -0.2) is 54.4 Å². The summed E-state index contributed by atoms with van der Waals surface area (Å²) in [6.07, 6.45) is 0. The Morgan fingerprint density at radius 3 is 2.59 bits per heavy atom. The highest BCUT2D eigenvalue weighted by molar-refractivity contribution is 6.00. The van der Waals surface area contributed by atoms with Gasteiger partial charge in [0.2, 0.25) is 0 Å².